The Labute approximate surface area is 131 Å². The molecular formula is C11H22ClLi2NSi. The normalized spacial score (nSPS) is 12.3. The maximum absolute atomic E-state index is 6.32. The van der Waals surface area contributed by atoms with E-state index in [0.29, 0.717) is 12.5 Å². The Morgan fingerprint density at radius 3 is 2.19 bits per heavy atom. The van der Waals surface area contributed by atoms with Gasteiger partial charge in [-0.3, -0.25) is 5.57 Å². The van der Waals surface area contributed by atoms with Gasteiger partial charge in [0.15, 0.2) is 7.38 Å². The third kappa shape index (κ3) is 15.4. The molecule has 0 fully saturated rings. The van der Waals surface area contributed by atoms with Crippen molar-refractivity contribution in [3.05, 3.63) is 17.5 Å². The fraction of sp³-hybridized carbons (Fsp3) is 0.818. The van der Waals surface area contributed by atoms with E-state index in [2.05, 4.69) is 25.3 Å². The predicted molar refractivity (Wildman–Crippen MR) is 68.5 cm³/mol. The van der Waals surface area contributed by atoms with E-state index in [4.69, 9.17) is 17.7 Å². The van der Waals surface area contributed by atoms with Crippen LogP contribution in [0.4, 0.5) is 0 Å². The largest absolute Gasteiger partial charge is 1.00 e. The molecule has 0 aromatic carbocycles. The van der Waals surface area contributed by atoms with Gasteiger partial charge < -0.3 is 11.9 Å². The molecule has 0 bridgehead atoms. The van der Waals surface area contributed by atoms with Gasteiger partial charge in [0.25, 0.3) is 0 Å². The third-order valence-corrected chi connectivity index (χ3v) is 4.11. The monoisotopic (exact) mass is 245 g/mol. The van der Waals surface area contributed by atoms with Crippen LogP contribution in [0.15, 0.2) is 5.57 Å². The Bertz CT molecular complexity index is 183. The Hall–Kier alpha value is 1.40. The summed E-state index contributed by atoms with van der Waals surface area (Å²) in [6.45, 7) is 15.7. The molecule has 0 aliphatic carbocycles. The van der Waals surface area contributed by atoms with Gasteiger partial charge in [0.2, 0.25) is 0 Å². The fourth-order valence-corrected chi connectivity index (χ4v) is 3.89. The molecule has 0 amide bonds. The standard InChI is InChI=1S/C11H22ClNSi.2Li/c1-6-11(9-14(4,5)12)8-13-7-10(2)3;;/h2,11H,6-9H2,1,3-5H3;;/q-2;2*+1. The van der Waals surface area contributed by atoms with Gasteiger partial charge >= 0.3 is 37.7 Å². The molecule has 0 aliphatic heterocycles. The average molecular weight is 246 g/mol. The molecule has 0 spiro atoms. The van der Waals surface area contributed by atoms with Crippen LogP contribution in [0.3, 0.4) is 0 Å². The van der Waals surface area contributed by atoms with Crippen LogP contribution < -0.4 is 37.7 Å². The zero-order chi connectivity index (χ0) is 11.2. The molecule has 0 saturated carbocycles. The number of rotatable bonds is 7. The summed E-state index contributed by atoms with van der Waals surface area (Å²) >= 11 is 6.32. The summed E-state index contributed by atoms with van der Waals surface area (Å²) in [5.74, 6) is 0.647. The van der Waals surface area contributed by atoms with Gasteiger partial charge in [0.05, 0.1) is 0 Å². The summed E-state index contributed by atoms with van der Waals surface area (Å²) in [6, 6.07) is 1.15. The summed E-state index contributed by atoms with van der Waals surface area (Å²) < 4.78 is 0. The molecule has 5 heteroatoms. The van der Waals surface area contributed by atoms with Crippen molar-refractivity contribution in [1.29, 1.82) is 0 Å². The molecule has 0 aliphatic rings. The molecule has 1 nitrogen and oxygen atoms in total. The second-order valence-electron chi connectivity index (χ2n) is 4.61. The molecule has 0 N–H and O–H groups in total. The Kier molecular flexibility index (Phi) is 16.2. The maximum Gasteiger partial charge on any atom is 1.00 e. The van der Waals surface area contributed by atoms with Crippen molar-refractivity contribution in [3.8, 4) is 0 Å². The molecular weight excluding hydrogens is 224 g/mol. The van der Waals surface area contributed by atoms with Gasteiger partial charge in [0, 0.05) is 0 Å². The third-order valence-electron chi connectivity index (χ3n) is 2.10. The van der Waals surface area contributed by atoms with Crippen LogP contribution in [0.1, 0.15) is 20.3 Å². The van der Waals surface area contributed by atoms with Gasteiger partial charge in [-0.05, 0) is 6.04 Å². The van der Waals surface area contributed by atoms with Crippen LogP contribution in [0.5, 0.6) is 0 Å². The number of hydrogen-bond acceptors (Lipinski definition) is 0. The molecule has 0 heterocycles. The number of hydrogen-bond donors (Lipinski definition) is 0. The average Bonchev–Trinajstić information content (AvgIpc) is 1.99. The summed E-state index contributed by atoms with van der Waals surface area (Å²) in [7, 11) is -1.44. The fourth-order valence-electron chi connectivity index (χ4n) is 1.45. The van der Waals surface area contributed by atoms with E-state index in [0.717, 1.165) is 24.6 Å². The van der Waals surface area contributed by atoms with Crippen LogP contribution >= 0.6 is 11.1 Å². The van der Waals surface area contributed by atoms with Gasteiger partial charge in [-0.1, -0.05) is 39.3 Å². The van der Waals surface area contributed by atoms with Crippen molar-refractivity contribution in [1.82, 2.24) is 0 Å². The van der Waals surface area contributed by atoms with E-state index in [1.165, 1.54) is 0 Å². The minimum atomic E-state index is -1.44. The van der Waals surface area contributed by atoms with E-state index < -0.39 is 7.38 Å². The van der Waals surface area contributed by atoms with Crippen molar-refractivity contribution < 1.29 is 37.7 Å². The Balaban J connectivity index is -0.000000845. The quantitative estimate of drug-likeness (QED) is 0.286. The Morgan fingerprint density at radius 2 is 1.88 bits per heavy atom. The van der Waals surface area contributed by atoms with E-state index in [1.807, 2.05) is 6.92 Å². The molecule has 0 aromatic rings. The molecule has 1 unspecified atom stereocenters. The van der Waals surface area contributed by atoms with Crippen molar-refractivity contribution in [2.24, 2.45) is 5.92 Å². The van der Waals surface area contributed by atoms with Crippen LogP contribution in [0.25, 0.3) is 5.32 Å². The van der Waals surface area contributed by atoms with Crippen LogP contribution in [-0.2, 0) is 0 Å². The van der Waals surface area contributed by atoms with Crippen molar-refractivity contribution in [2.45, 2.75) is 39.4 Å². The van der Waals surface area contributed by atoms with Crippen LogP contribution in [0.2, 0.25) is 19.1 Å². The summed E-state index contributed by atoms with van der Waals surface area (Å²) in [5, 5.41) is 4.43. The van der Waals surface area contributed by atoms with Gasteiger partial charge in [0.1, 0.15) is 0 Å². The second-order valence-corrected chi connectivity index (χ2v) is 11.5. The van der Waals surface area contributed by atoms with E-state index >= 15 is 0 Å². The van der Waals surface area contributed by atoms with Crippen LogP contribution in [0, 0.1) is 12.5 Å². The SMILES string of the molecule is [CH-]=C(C)C[N-]CC(CC)C[Si](C)(C)Cl.[Li+].[Li+]. The Morgan fingerprint density at radius 1 is 1.38 bits per heavy atom. The molecule has 0 radical (unpaired) electrons. The first-order valence-electron chi connectivity index (χ1n) is 5.25. The first kappa shape index (κ1) is 22.6. The molecule has 1 atom stereocenters. The first-order chi connectivity index (χ1) is 6.35. The minimum absolute atomic E-state index is 0. The molecule has 16 heavy (non-hydrogen) atoms. The van der Waals surface area contributed by atoms with Gasteiger partial charge in [-0.25, -0.2) is 0 Å². The first-order valence-corrected chi connectivity index (χ1v) is 9.47. The predicted octanol–water partition coefficient (Wildman–Crippen LogP) is -1.78. The van der Waals surface area contributed by atoms with E-state index in [-0.39, 0.29) is 37.7 Å². The topological polar surface area (TPSA) is 14.1 Å². The summed E-state index contributed by atoms with van der Waals surface area (Å²) in [6.07, 6.45) is 1.16. The molecule has 0 saturated heterocycles. The summed E-state index contributed by atoms with van der Waals surface area (Å²) in [4.78, 5) is 0. The van der Waals surface area contributed by atoms with E-state index in [9.17, 15) is 0 Å². The summed E-state index contributed by atoms with van der Waals surface area (Å²) in [5.41, 5.74) is 0.891. The van der Waals surface area contributed by atoms with Crippen molar-refractivity contribution in [3.63, 3.8) is 0 Å². The van der Waals surface area contributed by atoms with E-state index in [1.54, 1.807) is 0 Å². The molecule has 0 aromatic heterocycles. The minimum Gasteiger partial charge on any atom is -0.661 e. The molecule has 84 valence electrons. The number of nitrogens with zero attached hydrogens (tertiary/aromatic N) is 1. The second kappa shape index (κ2) is 11.5. The van der Waals surface area contributed by atoms with Crippen molar-refractivity contribution >= 4 is 18.5 Å². The van der Waals surface area contributed by atoms with Gasteiger partial charge in [-0.2, -0.15) is 17.6 Å². The molecule has 0 rings (SSSR count). The van der Waals surface area contributed by atoms with Crippen molar-refractivity contribution in [2.75, 3.05) is 13.1 Å². The van der Waals surface area contributed by atoms with Crippen LogP contribution in [-0.4, -0.2) is 20.5 Å². The smallest absolute Gasteiger partial charge is 0.661 e. The maximum atomic E-state index is 6.32. The number of halogens is 1. The zero-order valence-corrected chi connectivity index (χ0v) is 13.6. The van der Waals surface area contributed by atoms with Gasteiger partial charge in [-0.15, -0.1) is 6.54 Å². The zero-order valence-electron chi connectivity index (χ0n) is 11.8.